The largest absolute Gasteiger partial charge is 0.491 e. The van der Waals surface area contributed by atoms with Crippen LogP contribution in [0.1, 0.15) is 24.1 Å². The maximum absolute atomic E-state index is 11.9. The molecule has 1 unspecified atom stereocenters. The van der Waals surface area contributed by atoms with Crippen LogP contribution in [-0.4, -0.2) is 54.6 Å². The molecule has 1 atom stereocenters. The summed E-state index contributed by atoms with van der Waals surface area (Å²) in [6.07, 6.45) is 5.17. The number of methoxy groups -OCH3 is 1. The van der Waals surface area contributed by atoms with Crippen molar-refractivity contribution in [1.29, 1.82) is 0 Å². The third kappa shape index (κ3) is 6.82. The van der Waals surface area contributed by atoms with Crippen LogP contribution in [0.2, 0.25) is 0 Å². The molecule has 0 radical (unpaired) electrons. The molecular weight excluding hydrogens is 397 g/mol. The summed E-state index contributed by atoms with van der Waals surface area (Å²) >= 11 is 0. The minimum absolute atomic E-state index is 0. The molecule has 1 aromatic carbocycles. The van der Waals surface area contributed by atoms with Gasteiger partial charge in [0, 0.05) is 43.6 Å². The number of rotatable bonds is 7. The number of aromatic amines is 1. The van der Waals surface area contributed by atoms with Gasteiger partial charge in [0.15, 0.2) is 5.75 Å². The lowest BCUT2D eigenvalue weighted by atomic mass is 10.0. The van der Waals surface area contributed by atoms with Crippen LogP contribution >= 0.6 is 24.8 Å². The smallest absolute Gasteiger partial charge is 0.223 e. The Morgan fingerprint density at radius 1 is 1.25 bits per heavy atom. The Labute approximate surface area is 179 Å². The molecule has 0 saturated carbocycles. The van der Waals surface area contributed by atoms with Crippen LogP contribution in [-0.2, 0) is 13.0 Å². The first-order valence-corrected chi connectivity index (χ1v) is 9.38. The van der Waals surface area contributed by atoms with Crippen molar-refractivity contribution in [3.63, 3.8) is 0 Å². The highest BCUT2D eigenvalue weighted by Gasteiger charge is 2.23. The van der Waals surface area contributed by atoms with E-state index in [9.17, 15) is 4.79 Å². The van der Waals surface area contributed by atoms with Gasteiger partial charge in [-0.3, -0.25) is 9.69 Å². The average molecular weight is 428 g/mol. The quantitative estimate of drug-likeness (QED) is 0.735. The third-order valence-electron chi connectivity index (χ3n) is 5.25. The summed E-state index contributed by atoms with van der Waals surface area (Å²) in [5.41, 5.74) is 2.28. The van der Waals surface area contributed by atoms with E-state index in [2.05, 4.69) is 52.2 Å². The fourth-order valence-corrected chi connectivity index (χ4v) is 3.66. The van der Waals surface area contributed by atoms with Gasteiger partial charge in [-0.2, -0.15) is 0 Å². The molecule has 2 aromatic rings. The minimum atomic E-state index is -0.0604. The molecule has 0 amide bonds. The molecule has 1 N–H and O–H groups in total. The number of nitrogens with one attached hydrogen (secondary N) is 1. The summed E-state index contributed by atoms with van der Waals surface area (Å²) in [6, 6.07) is 12.9. The summed E-state index contributed by atoms with van der Waals surface area (Å²) in [5, 5.41) is 0. The molecule has 0 bridgehead atoms. The monoisotopic (exact) mass is 427 g/mol. The van der Waals surface area contributed by atoms with Gasteiger partial charge in [0.05, 0.1) is 7.11 Å². The molecule has 3 rings (SSSR count). The summed E-state index contributed by atoms with van der Waals surface area (Å²) < 4.78 is 5.04. The Kier molecular flexibility index (Phi) is 10.6. The van der Waals surface area contributed by atoms with E-state index < -0.39 is 0 Å². The molecule has 5 nitrogen and oxygen atoms in total. The van der Waals surface area contributed by atoms with Crippen molar-refractivity contribution in [2.75, 3.05) is 33.8 Å². The molecule has 7 heteroatoms. The van der Waals surface area contributed by atoms with E-state index in [1.165, 1.54) is 25.5 Å². The maximum Gasteiger partial charge on any atom is 0.223 e. The molecule has 1 aliphatic heterocycles. The molecule has 1 aliphatic rings. The van der Waals surface area contributed by atoms with Crippen LogP contribution in [0.3, 0.4) is 0 Å². The topological polar surface area (TPSA) is 48.6 Å². The number of H-pyrrole nitrogens is 1. The number of hydrogen-bond acceptors (Lipinski definition) is 4. The van der Waals surface area contributed by atoms with Gasteiger partial charge in [-0.15, -0.1) is 24.8 Å². The first-order valence-electron chi connectivity index (χ1n) is 9.38. The zero-order chi connectivity index (χ0) is 18.4. The fourth-order valence-electron chi connectivity index (χ4n) is 3.66. The number of ether oxygens (including phenoxy) is 1. The predicted molar refractivity (Wildman–Crippen MR) is 119 cm³/mol. The van der Waals surface area contributed by atoms with Gasteiger partial charge in [0.25, 0.3) is 0 Å². The first kappa shape index (κ1) is 24.5. The van der Waals surface area contributed by atoms with Gasteiger partial charge in [-0.25, -0.2) is 0 Å². The van der Waals surface area contributed by atoms with Gasteiger partial charge in [0.2, 0.25) is 5.43 Å². The average Bonchev–Trinajstić information content (AvgIpc) is 2.67. The predicted octanol–water partition coefficient (Wildman–Crippen LogP) is 3.37. The highest BCUT2D eigenvalue weighted by Crippen LogP contribution is 2.17. The lowest BCUT2D eigenvalue weighted by molar-refractivity contribution is 0.111. The second-order valence-corrected chi connectivity index (χ2v) is 7.14. The molecule has 1 fully saturated rings. The van der Waals surface area contributed by atoms with Crippen molar-refractivity contribution >= 4 is 24.8 Å². The standard InChI is InChI=1S/C21H29N3O2.2ClH/c1-23(12-10-17-7-4-3-5-8-17)19-9-6-11-24(16-19)15-18-13-20(25)21(26-2)14-22-18;;/h3-5,7-8,13-14,19H,6,9-12,15-16H2,1-2H3,(H,22,25);2*1H. The maximum atomic E-state index is 11.9. The summed E-state index contributed by atoms with van der Waals surface area (Å²) in [4.78, 5) is 20.0. The van der Waals surface area contributed by atoms with E-state index in [1.54, 1.807) is 12.3 Å². The van der Waals surface area contributed by atoms with Crippen LogP contribution in [0.4, 0.5) is 0 Å². The van der Waals surface area contributed by atoms with Crippen LogP contribution in [0.15, 0.2) is 47.4 Å². The first-order chi connectivity index (χ1) is 12.7. The highest BCUT2D eigenvalue weighted by atomic mass is 35.5. The van der Waals surface area contributed by atoms with Crippen molar-refractivity contribution in [2.45, 2.75) is 31.8 Å². The van der Waals surface area contributed by atoms with Gasteiger partial charge >= 0.3 is 0 Å². The van der Waals surface area contributed by atoms with E-state index in [0.29, 0.717) is 11.8 Å². The Morgan fingerprint density at radius 3 is 2.68 bits per heavy atom. The number of nitrogens with zero attached hydrogens (tertiary/aromatic N) is 2. The molecular formula is C21H31Cl2N3O2. The number of halogens is 2. The lowest BCUT2D eigenvalue weighted by Crippen LogP contribution is -2.46. The van der Waals surface area contributed by atoms with Crippen molar-refractivity contribution in [2.24, 2.45) is 0 Å². The summed E-state index contributed by atoms with van der Waals surface area (Å²) in [7, 11) is 3.75. The van der Waals surface area contributed by atoms with Crippen LogP contribution < -0.4 is 10.2 Å². The fraction of sp³-hybridized carbons (Fsp3) is 0.476. The van der Waals surface area contributed by atoms with Crippen LogP contribution in [0.25, 0.3) is 0 Å². The van der Waals surface area contributed by atoms with Crippen molar-refractivity contribution in [3.05, 3.63) is 64.1 Å². The number of likely N-dealkylation sites (tertiary alicyclic amines) is 1. The lowest BCUT2D eigenvalue weighted by Gasteiger charge is -2.37. The molecule has 1 aromatic heterocycles. The molecule has 156 valence electrons. The SMILES string of the molecule is COc1c[nH]c(CN2CCCC(N(C)CCc3ccccc3)C2)cc1=O.Cl.Cl. The normalized spacial score (nSPS) is 16.9. The number of aromatic nitrogens is 1. The van der Waals surface area contributed by atoms with Crippen molar-refractivity contribution < 1.29 is 4.74 Å². The number of likely N-dealkylation sites (N-methyl/N-ethyl adjacent to an activating group) is 1. The number of benzene rings is 1. The van der Waals surface area contributed by atoms with Crippen molar-refractivity contribution in [3.8, 4) is 5.75 Å². The second kappa shape index (κ2) is 12.1. The molecule has 1 saturated heterocycles. The van der Waals surface area contributed by atoms with Crippen LogP contribution in [0, 0.1) is 0 Å². The van der Waals surface area contributed by atoms with Gasteiger partial charge in [0.1, 0.15) is 0 Å². The minimum Gasteiger partial charge on any atom is -0.491 e. The zero-order valence-corrected chi connectivity index (χ0v) is 18.2. The van der Waals surface area contributed by atoms with E-state index in [4.69, 9.17) is 4.74 Å². The number of pyridine rings is 1. The molecule has 28 heavy (non-hydrogen) atoms. The summed E-state index contributed by atoms with van der Waals surface area (Å²) in [5.74, 6) is 0.367. The van der Waals surface area contributed by atoms with E-state index >= 15 is 0 Å². The molecule has 0 aliphatic carbocycles. The zero-order valence-electron chi connectivity index (χ0n) is 16.6. The Bertz CT molecular complexity index is 755. The third-order valence-corrected chi connectivity index (χ3v) is 5.25. The van der Waals surface area contributed by atoms with Gasteiger partial charge in [-0.1, -0.05) is 30.3 Å². The number of piperidine rings is 1. The Hall–Kier alpha value is -1.53. The highest BCUT2D eigenvalue weighted by molar-refractivity contribution is 5.85. The van der Waals surface area contributed by atoms with Crippen molar-refractivity contribution in [1.82, 2.24) is 14.8 Å². The summed E-state index contributed by atoms with van der Waals surface area (Å²) in [6.45, 7) is 3.97. The number of hydrogen-bond donors (Lipinski definition) is 1. The Morgan fingerprint density at radius 2 is 2.00 bits per heavy atom. The van der Waals surface area contributed by atoms with E-state index in [-0.39, 0.29) is 30.2 Å². The van der Waals surface area contributed by atoms with E-state index in [1.807, 2.05) is 0 Å². The van der Waals surface area contributed by atoms with Gasteiger partial charge in [-0.05, 0) is 38.4 Å². The molecule has 0 spiro atoms. The van der Waals surface area contributed by atoms with E-state index in [0.717, 1.165) is 38.3 Å². The second-order valence-electron chi connectivity index (χ2n) is 7.14. The Balaban J connectivity index is 0.00000196. The molecule has 2 heterocycles. The van der Waals surface area contributed by atoms with Crippen LogP contribution in [0.5, 0.6) is 5.75 Å². The van der Waals surface area contributed by atoms with Gasteiger partial charge < -0.3 is 14.6 Å².